The molecular formula is C22H23F3N2O2. The number of rotatable bonds is 3. The Labute approximate surface area is 166 Å². The van der Waals surface area contributed by atoms with E-state index in [2.05, 4.69) is 0 Å². The molecule has 0 aliphatic carbocycles. The summed E-state index contributed by atoms with van der Waals surface area (Å²) in [6.07, 6.45) is -3.70. The molecule has 1 fully saturated rings. The molecular weight excluding hydrogens is 381 g/mol. The van der Waals surface area contributed by atoms with Crippen LogP contribution < -0.4 is 4.90 Å². The van der Waals surface area contributed by atoms with Crippen LogP contribution in [-0.2, 0) is 11.8 Å². The van der Waals surface area contributed by atoms with Crippen molar-refractivity contribution in [3.8, 4) is 0 Å². The third-order valence-electron chi connectivity index (χ3n) is 5.75. The highest BCUT2D eigenvalue weighted by atomic mass is 19.4. The van der Waals surface area contributed by atoms with Gasteiger partial charge in [-0.15, -0.1) is 0 Å². The Balaban J connectivity index is 1.89. The highest BCUT2D eigenvalue weighted by Gasteiger charge is 2.42. The van der Waals surface area contributed by atoms with Gasteiger partial charge in [-0.3, -0.25) is 0 Å². The number of anilines is 1. The Morgan fingerprint density at radius 3 is 2.66 bits per heavy atom. The Kier molecular flexibility index (Phi) is 4.92. The number of hydrogen-bond donors (Lipinski definition) is 0. The number of halogens is 3. The second kappa shape index (κ2) is 7.28. The number of esters is 1. The van der Waals surface area contributed by atoms with E-state index in [-0.39, 0.29) is 19.6 Å². The maximum atomic E-state index is 13.3. The van der Waals surface area contributed by atoms with Crippen LogP contribution in [0.25, 0.3) is 21.8 Å². The predicted molar refractivity (Wildman–Crippen MR) is 107 cm³/mol. The maximum absolute atomic E-state index is 13.3. The summed E-state index contributed by atoms with van der Waals surface area (Å²) in [6.45, 7) is 2.26. The Hall–Kier alpha value is -2.70. The highest BCUT2D eigenvalue weighted by Crippen LogP contribution is 2.38. The normalized spacial score (nSPS) is 17.8. The zero-order valence-corrected chi connectivity index (χ0v) is 16.4. The molecule has 1 saturated heterocycles. The molecule has 29 heavy (non-hydrogen) atoms. The Morgan fingerprint density at radius 1 is 1.17 bits per heavy atom. The lowest BCUT2D eigenvalue weighted by Crippen LogP contribution is -2.42. The number of aryl methyl sites for hydroxylation is 1. The Morgan fingerprint density at radius 2 is 1.93 bits per heavy atom. The second-order valence-electron chi connectivity index (χ2n) is 7.51. The molecule has 1 aliphatic heterocycles. The predicted octanol–water partition coefficient (Wildman–Crippen LogP) is 5.29. The zero-order valence-electron chi connectivity index (χ0n) is 16.4. The summed E-state index contributed by atoms with van der Waals surface area (Å²) in [5.41, 5.74) is 2.71. The maximum Gasteiger partial charge on any atom is 0.393 e. The number of benzene rings is 2. The van der Waals surface area contributed by atoms with Gasteiger partial charge in [0.1, 0.15) is 0 Å². The zero-order chi connectivity index (χ0) is 20.8. The molecule has 1 aromatic heterocycles. The largest absolute Gasteiger partial charge is 0.462 e. The molecule has 3 aromatic rings. The summed E-state index contributed by atoms with van der Waals surface area (Å²) >= 11 is 0. The van der Waals surface area contributed by atoms with Gasteiger partial charge in [0.05, 0.1) is 29.3 Å². The van der Waals surface area contributed by atoms with Gasteiger partial charge in [-0.05, 0) is 38.0 Å². The number of piperidine rings is 1. The minimum Gasteiger partial charge on any atom is -0.462 e. The third kappa shape index (κ3) is 3.43. The van der Waals surface area contributed by atoms with Crippen LogP contribution in [0.1, 0.15) is 30.1 Å². The van der Waals surface area contributed by atoms with Crippen LogP contribution in [0.3, 0.4) is 0 Å². The van der Waals surface area contributed by atoms with E-state index in [1.807, 2.05) is 41.9 Å². The van der Waals surface area contributed by atoms with Crippen molar-refractivity contribution in [3.05, 3.63) is 42.0 Å². The van der Waals surface area contributed by atoms with Crippen molar-refractivity contribution in [1.29, 1.82) is 0 Å². The van der Waals surface area contributed by atoms with Crippen molar-refractivity contribution in [2.24, 2.45) is 13.0 Å². The summed E-state index contributed by atoms with van der Waals surface area (Å²) in [6, 6.07) is 11.4. The number of carbonyl (C=O) groups excluding carboxylic acids is 1. The van der Waals surface area contributed by atoms with E-state index in [0.717, 1.165) is 21.8 Å². The number of hydrogen-bond acceptors (Lipinski definition) is 3. The molecule has 0 amide bonds. The first-order valence-electron chi connectivity index (χ1n) is 9.81. The fourth-order valence-electron chi connectivity index (χ4n) is 4.29. The molecule has 1 atom stereocenters. The molecule has 0 radical (unpaired) electrons. The molecule has 4 rings (SSSR count). The minimum absolute atomic E-state index is 0.116. The first kappa shape index (κ1) is 19.6. The van der Waals surface area contributed by atoms with Gasteiger partial charge < -0.3 is 14.2 Å². The average molecular weight is 404 g/mol. The fraction of sp³-hybridized carbons (Fsp3) is 0.409. The lowest BCUT2D eigenvalue weighted by molar-refractivity contribution is -0.175. The first-order chi connectivity index (χ1) is 13.8. The average Bonchev–Trinajstić information content (AvgIpc) is 2.99. The molecule has 0 unspecified atom stereocenters. The molecule has 154 valence electrons. The monoisotopic (exact) mass is 404 g/mol. The van der Waals surface area contributed by atoms with Crippen LogP contribution in [0.5, 0.6) is 0 Å². The van der Waals surface area contributed by atoms with E-state index in [0.29, 0.717) is 24.2 Å². The molecule has 4 nitrogen and oxygen atoms in total. The number of aromatic nitrogens is 1. The van der Waals surface area contributed by atoms with Gasteiger partial charge in [-0.25, -0.2) is 4.79 Å². The van der Waals surface area contributed by atoms with Gasteiger partial charge in [0.15, 0.2) is 0 Å². The number of ether oxygens (including phenoxy) is 1. The lowest BCUT2D eigenvalue weighted by Gasteiger charge is -2.36. The molecule has 2 aromatic carbocycles. The van der Waals surface area contributed by atoms with Crippen molar-refractivity contribution in [2.75, 3.05) is 24.6 Å². The van der Waals surface area contributed by atoms with Gasteiger partial charge in [-0.1, -0.05) is 18.2 Å². The number of alkyl halides is 3. The van der Waals surface area contributed by atoms with Gasteiger partial charge in [-0.2, -0.15) is 13.2 Å². The quantitative estimate of drug-likeness (QED) is 0.557. The van der Waals surface area contributed by atoms with Gasteiger partial charge in [0, 0.05) is 36.4 Å². The van der Waals surface area contributed by atoms with E-state index < -0.39 is 18.1 Å². The summed E-state index contributed by atoms with van der Waals surface area (Å²) < 4.78 is 47.3. The summed E-state index contributed by atoms with van der Waals surface area (Å²) in [5.74, 6) is -1.90. The molecule has 1 aliphatic rings. The number of fused-ring (bicyclic) bond motifs is 3. The van der Waals surface area contributed by atoms with E-state index in [1.165, 1.54) is 0 Å². The third-order valence-corrected chi connectivity index (χ3v) is 5.75. The van der Waals surface area contributed by atoms with E-state index in [9.17, 15) is 18.0 Å². The van der Waals surface area contributed by atoms with Crippen LogP contribution in [0.4, 0.5) is 18.9 Å². The van der Waals surface area contributed by atoms with Crippen molar-refractivity contribution in [1.82, 2.24) is 4.57 Å². The smallest absolute Gasteiger partial charge is 0.393 e. The first-order valence-corrected chi connectivity index (χ1v) is 9.81. The minimum atomic E-state index is -4.24. The van der Waals surface area contributed by atoms with Crippen LogP contribution in [-0.4, -0.2) is 36.4 Å². The molecule has 0 spiro atoms. The van der Waals surface area contributed by atoms with Crippen LogP contribution >= 0.6 is 0 Å². The van der Waals surface area contributed by atoms with Crippen LogP contribution in [0.2, 0.25) is 0 Å². The lowest BCUT2D eigenvalue weighted by atomic mass is 9.96. The second-order valence-corrected chi connectivity index (χ2v) is 7.51. The summed E-state index contributed by atoms with van der Waals surface area (Å²) in [4.78, 5) is 14.4. The molecule has 7 heteroatoms. The Bertz CT molecular complexity index is 1070. The molecule has 0 saturated carbocycles. The van der Waals surface area contributed by atoms with Crippen molar-refractivity contribution < 1.29 is 22.7 Å². The van der Waals surface area contributed by atoms with Crippen molar-refractivity contribution in [3.63, 3.8) is 0 Å². The SMILES string of the molecule is CCOC(=O)c1cc2c3ccccc3n(C)c2cc1N1CCC[C@H](C(F)(F)F)C1. The summed E-state index contributed by atoms with van der Waals surface area (Å²) in [7, 11) is 1.92. The number of carbonyl (C=O) groups is 1. The molecule has 0 N–H and O–H groups in total. The van der Waals surface area contributed by atoms with Gasteiger partial charge in [0.2, 0.25) is 0 Å². The fourth-order valence-corrected chi connectivity index (χ4v) is 4.29. The van der Waals surface area contributed by atoms with E-state index in [1.54, 1.807) is 17.9 Å². The molecule has 2 heterocycles. The van der Waals surface area contributed by atoms with Gasteiger partial charge >= 0.3 is 12.1 Å². The van der Waals surface area contributed by atoms with Gasteiger partial charge in [0.25, 0.3) is 0 Å². The number of nitrogens with zero attached hydrogens (tertiary/aromatic N) is 2. The van der Waals surface area contributed by atoms with Crippen molar-refractivity contribution in [2.45, 2.75) is 25.9 Å². The van der Waals surface area contributed by atoms with E-state index in [4.69, 9.17) is 4.74 Å². The molecule has 0 bridgehead atoms. The standard InChI is InChI=1S/C22H23F3N2O2/c1-3-29-21(28)17-11-16-15-8-4-5-9-18(15)26(2)19(16)12-20(17)27-10-6-7-14(13-27)22(23,24)25/h4-5,8-9,11-12,14H,3,6-7,10,13H2,1-2H3/t14-/m0/s1. The number of para-hydroxylation sites is 1. The van der Waals surface area contributed by atoms with Crippen LogP contribution in [0.15, 0.2) is 36.4 Å². The topological polar surface area (TPSA) is 34.5 Å². The highest BCUT2D eigenvalue weighted by molar-refractivity contribution is 6.12. The van der Waals surface area contributed by atoms with Crippen molar-refractivity contribution >= 4 is 33.5 Å². The summed E-state index contributed by atoms with van der Waals surface area (Å²) in [5, 5.41) is 1.88. The van der Waals surface area contributed by atoms with E-state index >= 15 is 0 Å². The van der Waals surface area contributed by atoms with Crippen LogP contribution in [0, 0.1) is 5.92 Å².